The van der Waals surface area contributed by atoms with E-state index >= 15 is 0 Å². The van der Waals surface area contributed by atoms with Gasteiger partial charge in [0.1, 0.15) is 6.54 Å². The van der Waals surface area contributed by atoms with E-state index in [1.165, 1.54) is 9.80 Å². The quantitative estimate of drug-likeness (QED) is 0.209. The number of nitriles is 1. The molecule has 0 aromatic heterocycles. The van der Waals surface area contributed by atoms with Gasteiger partial charge in [0.15, 0.2) is 6.17 Å². The molecule has 2 aliphatic rings. The number of nitrogens with one attached hydrogen (secondary N) is 2. The average molecular weight is 574 g/mol. The van der Waals surface area contributed by atoms with Crippen LogP contribution < -0.4 is 15.6 Å². The summed E-state index contributed by atoms with van der Waals surface area (Å²) < 4.78 is 0. The molecular weight excluding hydrogens is 534 g/mol. The topological polar surface area (TPSA) is 141 Å². The highest BCUT2D eigenvalue weighted by Gasteiger charge is 2.56. The summed E-state index contributed by atoms with van der Waals surface area (Å²) in [7, 11) is 0. The largest absolute Gasteiger partial charge is 0.347 e. The number of rotatable bonds is 9. The van der Waals surface area contributed by atoms with Crippen molar-refractivity contribution in [2.45, 2.75) is 65.6 Å². The molecule has 5 amide bonds. The van der Waals surface area contributed by atoms with Crippen molar-refractivity contribution in [3.05, 3.63) is 60.7 Å². The monoisotopic (exact) mass is 573 g/mol. The Bertz CT molecular complexity index is 1370. The van der Waals surface area contributed by atoms with E-state index in [1.54, 1.807) is 74.5 Å². The Hall–Kier alpha value is -4.43. The predicted octanol–water partition coefficient (Wildman–Crippen LogP) is 5.41. The maximum absolute atomic E-state index is 13.8. The van der Waals surface area contributed by atoms with Crippen LogP contribution in [-0.4, -0.2) is 57.1 Å². The Labute approximate surface area is 246 Å². The normalized spacial score (nSPS) is 22.6. The minimum atomic E-state index is -1.18. The lowest BCUT2D eigenvalue weighted by Gasteiger charge is -2.52. The zero-order valence-electron chi connectivity index (χ0n) is 24.7. The second kappa shape index (κ2) is 12.2. The highest BCUT2D eigenvalue weighted by Crippen LogP contribution is 2.54. The molecule has 1 aliphatic heterocycles. The van der Waals surface area contributed by atoms with Crippen molar-refractivity contribution in [1.82, 2.24) is 15.4 Å². The van der Waals surface area contributed by atoms with Crippen molar-refractivity contribution < 1.29 is 19.6 Å². The van der Waals surface area contributed by atoms with Crippen LogP contribution >= 0.6 is 0 Å². The standard InChI is InChI=1S/C31H39N7O4/c1-21(18-23-19-22(16-17-32)30(23,2)3)34-35-26(39)20-36-29(41)37(25-14-10-7-11-15-25)27(31(36,4)5)38(42)28(40)33-24-12-8-6-9-13-24/h6-15,22-23,27,42H,16,18-20H2,1-5H3,(H,33,40)(H,35,39)/t22-,23+,27+/m0/s1. The van der Waals surface area contributed by atoms with E-state index in [0.29, 0.717) is 41.1 Å². The molecule has 2 aromatic carbocycles. The lowest BCUT2D eigenvalue weighted by atomic mass is 9.53. The van der Waals surface area contributed by atoms with Gasteiger partial charge in [-0.05, 0) is 75.1 Å². The van der Waals surface area contributed by atoms with Crippen LogP contribution in [0.3, 0.4) is 0 Å². The summed E-state index contributed by atoms with van der Waals surface area (Å²) in [6.45, 7) is 9.22. The summed E-state index contributed by atoms with van der Waals surface area (Å²) in [6, 6.07) is 18.2. The van der Waals surface area contributed by atoms with Crippen molar-refractivity contribution in [2.24, 2.45) is 22.4 Å². The molecule has 3 N–H and O–H groups in total. The molecule has 4 rings (SSSR count). The van der Waals surface area contributed by atoms with Crippen LogP contribution in [0.25, 0.3) is 0 Å². The Balaban J connectivity index is 1.48. The van der Waals surface area contributed by atoms with Gasteiger partial charge in [0.05, 0.1) is 11.6 Å². The van der Waals surface area contributed by atoms with Gasteiger partial charge in [-0.25, -0.2) is 15.0 Å². The van der Waals surface area contributed by atoms with Gasteiger partial charge in [0, 0.05) is 23.5 Å². The highest BCUT2D eigenvalue weighted by molar-refractivity contribution is 6.00. The average Bonchev–Trinajstić information content (AvgIpc) is 3.16. The SMILES string of the molecule is CC(C[C@@H]1C[C@H](CC#N)C1(C)C)=NNC(=O)CN1C(=O)N(c2ccccc2)[C@H](N(O)C(=O)Nc2ccccc2)C1(C)C. The smallest absolute Gasteiger partial charge is 0.306 e. The number of amides is 5. The van der Waals surface area contributed by atoms with Crippen LogP contribution in [-0.2, 0) is 4.79 Å². The van der Waals surface area contributed by atoms with Gasteiger partial charge in [0.25, 0.3) is 5.91 Å². The lowest BCUT2D eigenvalue weighted by Crippen LogP contribution is -2.58. The van der Waals surface area contributed by atoms with E-state index in [0.717, 1.165) is 12.1 Å². The molecule has 11 heteroatoms. The predicted molar refractivity (Wildman–Crippen MR) is 159 cm³/mol. The maximum Gasteiger partial charge on any atom is 0.347 e. The number of hydrogen-bond donors (Lipinski definition) is 3. The number of benzene rings is 2. The van der Waals surface area contributed by atoms with Crippen molar-refractivity contribution in [1.29, 1.82) is 5.26 Å². The van der Waals surface area contributed by atoms with E-state index in [4.69, 9.17) is 5.26 Å². The molecule has 222 valence electrons. The number of anilines is 2. The minimum Gasteiger partial charge on any atom is -0.306 e. The van der Waals surface area contributed by atoms with E-state index < -0.39 is 29.7 Å². The molecule has 2 fully saturated rings. The molecule has 3 atom stereocenters. The Kier molecular flexibility index (Phi) is 8.87. The third kappa shape index (κ3) is 6.09. The zero-order chi connectivity index (χ0) is 30.7. The molecule has 0 bridgehead atoms. The number of hydroxylamine groups is 2. The fourth-order valence-corrected chi connectivity index (χ4v) is 5.94. The lowest BCUT2D eigenvalue weighted by molar-refractivity contribution is -0.124. The van der Waals surface area contributed by atoms with Gasteiger partial charge in [0.2, 0.25) is 0 Å². The van der Waals surface area contributed by atoms with Crippen LogP contribution in [0.1, 0.15) is 53.9 Å². The van der Waals surface area contributed by atoms with E-state index in [2.05, 4.69) is 35.8 Å². The third-order valence-corrected chi connectivity index (χ3v) is 8.73. The van der Waals surface area contributed by atoms with Crippen LogP contribution in [0.15, 0.2) is 65.8 Å². The molecule has 0 spiro atoms. The van der Waals surface area contributed by atoms with Gasteiger partial charge in [-0.2, -0.15) is 15.4 Å². The summed E-state index contributed by atoms with van der Waals surface area (Å²) in [5.41, 5.74) is 3.11. The number of nitrogens with zero attached hydrogens (tertiary/aromatic N) is 5. The number of hydrazone groups is 1. The number of urea groups is 2. The van der Waals surface area contributed by atoms with Gasteiger partial charge >= 0.3 is 12.1 Å². The van der Waals surface area contributed by atoms with Crippen LogP contribution in [0.5, 0.6) is 0 Å². The van der Waals surface area contributed by atoms with Crippen molar-refractivity contribution in [2.75, 3.05) is 16.8 Å². The van der Waals surface area contributed by atoms with E-state index in [9.17, 15) is 19.6 Å². The van der Waals surface area contributed by atoms with Gasteiger partial charge in [-0.15, -0.1) is 0 Å². The molecule has 2 aromatic rings. The summed E-state index contributed by atoms with van der Waals surface area (Å²) in [6.07, 6.45) is 1.03. The number of carbonyl (C=O) groups is 3. The second-order valence-corrected chi connectivity index (χ2v) is 12.1. The van der Waals surface area contributed by atoms with E-state index in [1.807, 2.05) is 6.92 Å². The fourth-order valence-electron chi connectivity index (χ4n) is 5.94. The van der Waals surface area contributed by atoms with E-state index in [-0.39, 0.29) is 12.0 Å². The van der Waals surface area contributed by atoms with Gasteiger partial charge < -0.3 is 10.2 Å². The van der Waals surface area contributed by atoms with Crippen LogP contribution in [0, 0.1) is 28.6 Å². The molecule has 1 saturated heterocycles. The highest BCUT2D eigenvalue weighted by atomic mass is 16.5. The van der Waals surface area contributed by atoms with Crippen molar-refractivity contribution >= 4 is 35.1 Å². The summed E-state index contributed by atoms with van der Waals surface area (Å²) in [4.78, 5) is 42.6. The third-order valence-electron chi connectivity index (χ3n) is 8.73. The summed E-state index contributed by atoms with van der Waals surface area (Å²) in [5.74, 6) is 0.228. The Morgan fingerprint density at radius 2 is 1.69 bits per heavy atom. The molecule has 0 radical (unpaired) electrons. The molecule has 1 saturated carbocycles. The molecule has 1 heterocycles. The fraction of sp³-hybridized carbons (Fsp3) is 0.452. The van der Waals surface area contributed by atoms with Crippen LogP contribution in [0.2, 0.25) is 0 Å². The zero-order valence-corrected chi connectivity index (χ0v) is 24.7. The molecule has 11 nitrogen and oxygen atoms in total. The second-order valence-electron chi connectivity index (χ2n) is 12.1. The Morgan fingerprint density at radius 1 is 1.07 bits per heavy atom. The van der Waals surface area contributed by atoms with Crippen molar-refractivity contribution in [3.63, 3.8) is 0 Å². The molecular formula is C31H39N7O4. The first-order valence-electron chi connectivity index (χ1n) is 14.1. The van der Waals surface area contributed by atoms with Gasteiger partial charge in [-0.3, -0.25) is 14.9 Å². The molecule has 42 heavy (non-hydrogen) atoms. The number of hydrogen-bond acceptors (Lipinski definition) is 6. The molecule has 0 unspecified atom stereocenters. The number of carbonyl (C=O) groups excluding carboxylic acids is 3. The maximum atomic E-state index is 13.8. The van der Waals surface area contributed by atoms with Crippen molar-refractivity contribution in [3.8, 4) is 6.07 Å². The first-order chi connectivity index (χ1) is 19.9. The number of para-hydroxylation sites is 2. The van der Waals surface area contributed by atoms with Crippen LogP contribution in [0.4, 0.5) is 21.0 Å². The molecule has 1 aliphatic carbocycles. The summed E-state index contributed by atoms with van der Waals surface area (Å²) >= 11 is 0. The Morgan fingerprint density at radius 3 is 2.29 bits per heavy atom. The first-order valence-corrected chi connectivity index (χ1v) is 14.1. The first kappa shape index (κ1) is 30.5. The minimum absolute atomic E-state index is 0.0292. The van der Waals surface area contributed by atoms with Gasteiger partial charge in [-0.1, -0.05) is 50.2 Å². The summed E-state index contributed by atoms with van der Waals surface area (Å²) in [5, 5.41) is 27.6.